The Hall–Kier alpha value is -3.68. The van der Waals surface area contributed by atoms with Crippen LogP contribution in [0.1, 0.15) is 61.7 Å². The highest BCUT2D eigenvalue weighted by Gasteiger charge is 2.21. The molecule has 3 heterocycles. The summed E-state index contributed by atoms with van der Waals surface area (Å²) in [5.41, 5.74) is 8.54. The second-order valence-corrected chi connectivity index (χ2v) is 8.82. The second kappa shape index (κ2) is 8.11. The Balaban J connectivity index is 1.56. The van der Waals surface area contributed by atoms with Crippen LogP contribution in [0.25, 0.3) is 16.8 Å². The van der Waals surface area contributed by atoms with Gasteiger partial charge in [0.2, 0.25) is 5.91 Å². The van der Waals surface area contributed by atoms with Gasteiger partial charge in [0.15, 0.2) is 5.82 Å². The number of hydrogen-bond acceptors (Lipinski definition) is 6. The number of nitrogens with one attached hydrogen (secondary N) is 1. The number of hydrogen-bond donors (Lipinski definition) is 2. The normalized spacial score (nSPS) is 14.6. The maximum Gasteiger partial charge on any atom is 0.230 e. The highest BCUT2D eigenvalue weighted by Crippen LogP contribution is 2.30. The van der Waals surface area contributed by atoms with Crippen LogP contribution in [0.5, 0.6) is 0 Å². The summed E-state index contributed by atoms with van der Waals surface area (Å²) < 4.78 is 30.4. The summed E-state index contributed by atoms with van der Waals surface area (Å²) in [6.07, 6.45) is 3.32. The van der Waals surface area contributed by atoms with E-state index in [0.29, 0.717) is 28.6 Å². The third kappa shape index (κ3) is 4.21. The monoisotopic (exact) mass is 435 g/mol. The molecule has 0 fully saturated rings. The summed E-state index contributed by atoms with van der Waals surface area (Å²) in [5, 5.41) is 6.67. The van der Waals surface area contributed by atoms with Crippen molar-refractivity contribution < 1.29 is 13.4 Å². The fraction of sp³-hybridized carbons (Fsp3) is 0.333. The molecule has 1 amide bonds. The zero-order chi connectivity index (χ0) is 25.5. The molecule has 3 N–H and O–H groups in total. The molecule has 0 spiro atoms. The van der Waals surface area contributed by atoms with Gasteiger partial charge in [-0.15, -0.1) is 0 Å². The number of nitrogens with two attached hydrogens (primary N) is 1. The number of rotatable bonds is 5. The number of fused-ring (bicyclic) bond motifs is 1. The van der Waals surface area contributed by atoms with E-state index in [0.717, 1.165) is 11.1 Å². The van der Waals surface area contributed by atoms with Crippen LogP contribution in [0.4, 0.5) is 11.6 Å². The van der Waals surface area contributed by atoms with Crippen molar-refractivity contribution in [2.24, 2.45) is 0 Å². The largest absolute Gasteiger partial charge is 0.382 e. The minimum absolute atomic E-state index is 0.146. The van der Waals surface area contributed by atoms with E-state index in [-0.39, 0.29) is 23.6 Å². The van der Waals surface area contributed by atoms with Crippen LogP contribution in [0, 0.1) is 0 Å². The van der Waals surface area contributed by atoms with Gasteiger partial charge < -0.3 is 15.6 Å². The van der Waals surface area contributed by atoms with Gasteiger partial charge in [-0.25, -0.2) is 9.97 Å². The predicted octanol–water partition coefficient (Wildman–Crippen LogP) is 4.57. The molecule has 0 aliphatic heterocycles. The Morgan fingerprint density at radius 3 is 2.72 bits per heavy atom. The van der Waals surface area contributed by atoms with Gasteiger partial charge >= 0.3 is 0 Å². The first-order chi connectivity index (χ1) is 16.3. The van der Waals surface area contributed by atoms with Crippen molar-refractivity contribution in [2.45, 2.75) is 52.3 Å². The predicted molar refractivity (Wildman–Crippen MR) is 124 cm³/mol. The van der Waals surface area contributed by atoms with Gasteiger partial charge in [-0.05, 0) is 5.56 Å². The topological polar surface area (TPSA) is 111 Å². The SMILES string of the molecule is [2H]C([2H])([2H])C(C)c1nc(-c2ccc(CC(=O)Nc3cc(C(C)(C)C)on3)cc2)c2c(N)nccn12. The minimum atomic E-state index is -2.22. The van der Waals surface area contributed by atoms with Gasteiger partial charge in [-0.1, -0.05) is 64.0 Å². The van der Waals surface area contributed by atoms with Gasteiger partial charge in [0, 0.05) is 39.5 Å². The highest BCUT2D eigenvalue weighted by molar-refractivity contribution is 5.91. The third-order valence-corrected chi connectivity index (χ3v) is 5.11. The molecular weight excluding hydrogens is 404 g/mol. The summed E-state index contributed by atoms with van der Waals surface area (Å²) in [6, 6.07) is 9.02. The van der Waals surface area contributed by atoms with Crippen LogP contribution in [-0.2, 0) is 16.6 Å². The number of carbonyl (C=O) groups excluding carboxylic acids is 1. The molecule has 4 aromatic rings. The van der Waals surface area contributed by atoms with Crippen molar-refractivity contribution in [1.29, 1.82) is 0 Å². The van der Waals surface area contributed by atoms with Crippen LogP contribution < -0.4 is 11.1 Å². The molecule has 1 unspecified atom stereocenters. The van der Waals surface area contributed by atoms with E-state index in [9.17, 15) is 4.79 Å². The van der Waals surface area contributed by atoms with Crippen molar-refractivity contribution in [2.75, 3.05) is 11.1 Å². The van der Waals surface area contributed by atoms with Crippen LogP contribution >= 0.6 is 0 Å². The molecule has 8 nitrogen and oxygen atoms in total. The molecule has 0 saturated heterocycles. The van der Waals surface area contributed by atoms with E-state index in [1.165, 1.54) is 6.20 Å². The maximum atomic E-state index is 12.5. The average Bonchev–Trinajstić information content (AvgIpc) is 3.39. The number of anilines is 2. The third-order valence-electron chi connectivity index (χ3n) is 5.11. The number of amides is 1. The Kier molecular flexibility index (Phi) is 4.55. The van der Waals surface area contributed by atoms with Crippen molar-refractivity contribution in [3.05, 3.63) is 59.9 Å². The molecule has 0 radical (unpaired) electrons. The first-order valence-electron chi connectivity index (χ1n) is 11.8. The Morgan fingerprint density at radius 1 is 1.31 bits per heavy atom. The first kappa shape index (κ1) is 17.9. The van der Waals surface area contributed by atoms with Crippen molar-refractivity contribution >= 4 is 23.1 Å². The van der Waals surface area contributed by atoms with E-state index in [1.54, 1.807) is 23.6 Å². The fourth-order valence-corrected chi connectivity index (χ4v) is 3.43. The molecule has 0 bridgehead atoms. The van der Waals surface area contributed by atoms with Crippen LogP contribution in [0.2, 0.25) is 0 Å². The molecule has 1 atom stereocenters. The molecule has 0 saturated carbocycles. The maximum absolute atomic E-state index is 12.5. The second-order valence-electron chi connectivity index (χ2n) is 8.82. The zero-order valence-electron chi connectivity index (χ0n) is 21.5. The summed E-state index contributed by atoms with van der Waals surface area (Å²) >= 11 is 0. The van der Waals surface area contributed by atoms with E-state index >= 15 is 0 Å². The van der Waals surface area contributed by atoms with Gasteiger partial charge in [-0.2, -0.15) is 0 Å². The van der Waals surface area contributed by atoms with Crippen molar-refractivity contribution in [3.8, 4) is 11.3 Å². The minimum Gasteiger partial charge on any atom is -0.382 e. The standard InChI is InChI=1S/C24H28N6O2/c1-14(2)23-28-20(21-22(25)26-10-11-30(21)23)16-8-6-15(7-9-16)12-19(31)27-18-13-17(32-29-18)24(3,4)5/h6-11,13-14H,12H2,1-5H3,(H2,25,26)(H,27,29,31)/i1D3. The van der Waals surface area contributed by atoms with E-state index in [2.05, 4.69) is 20.4 Å². The van der Waals surface area contributed by atoms with Gasteiger partial charge in [-0.3, -0.25) is 9.20 Å². The zero-order valence-corrected chi connectivity index (χ0v) is 18.5. The molecule has 4 rings (SSSR count). The lowest BCUT2D eigenvalue weighted by Crippen LogP contribution is -2.14. The van der Waals surface area contributed by atoms with Crippen LogP contribution in [-0.4, -0.2) is 25.4 Å². The van der Waals surface area contributed by atoms with Gasteiger partial charge in [0.1, 0.15) is 28.6 Å². The Morgan fingerprint density at radius 2 is 2.06 bits per heavy atom. The fourth-order valence-electron chi connectivity index (χ4n) is 3.43. The van der Waals surface area contributed by atoms with Crippen LogP contribution in [0.15, 0.2) is 47.2 Å². The van der Waals surface area contributed by atoms with E-state index < -0.39 is 12.8 Å². The van der Waals surface area contributed by atoms with Crippen molar-refractivity contribution in [3.63, 3.8) is 0 Å². The molecule has 3 aromatic heterocycles. The molecule has 1 aromatic carbocycles. The number of imidazole rings is 1. The molecule has 0 aliphatic carbocycles. The smallest absolute Gasteiger partial charge is 0.230 e. The number of carbonyl (C=O) groups is 1. The summed E-state index contributed by atoms with van der Waals surface area (Å²) in [4.78, 5) is 21.3. The lowest BCUT2D eigenvalue weighted by molar-refractivity contribution is -0.115. The summed E-state index contributed by atoms with van der Waals surface area (Å²) in [6.45, 7) is 5.40. The Labute approximate surface area is 191 Å². The number of aromatic nitrogens is 4. The summed E-state index contributed by atoms with van der Waals surface area (Å²) in [7, 11) is 0. The van der Waals surface area contributed by atoms with Gasteiger partial charge in [0.25, 0.3) is 0 Å². The Bertz CT molecular complexity index is 1370. The van der Waals surface area contributed by atoms with Gasteiger partial charge in [0.05, 0.1) is 6.42 Å². The van der Waals surface area contributed by atoms with Crippen LogP contribution in [0.3, 0.4) is 0 Å². The molecule has 8 heteroatoms. The van der Waals surface area contributed by atoms with Crippen molar-refractivity contribution in [1.82, 2.24) is 19.5 Å². The number of nitrogens with zero attached hydrogens (tertiary/aromatic N) is 4. The molecule has 166 valence electrons. The van der Waals surface area contributed by atoms with E-state index in [1.807, 2.05) is 45.0 Å². The molecular formula is C24H28N6O2. The highest BCUT2D eigenvalue weighted by atomic mass is 16.5. The molecule has 32 heavy (non-hydrogen) atoms. The number of benzene rings is 1. The first-order valence-corrected chi connectivity index (χ1v) is 10.3. The lowest BCUT2D eigenvalue weighted by atomic mass is 9.93. The summed E-state index contributed by atoms with van der Waals surface area (Å²) in [5.74, 6) is 0.676. The molecule has 0 aliphatic rings. The lowest BCUT2D eigenvalue weighted by Gasteiger charge is -2.12. The van der Waals surface area contributed by atoms with E-state index in [4.69, 9.17) is 14.4 Å². The number of nitrogen functional groups attached to an aromatic ring is 1. The average molecular weight is 436 g/mol. The quantitative estimate of drug-likeness (QED) is 0.475.